The van der Waals surface area contributed by atoms with Crippen molar-refractivity contribution in [3.05, 3.63) is 85.2 Å². The van der Waals surface area contributed by atoms with Crippen LogP contribution < -0.4 is 0 Å². The zero-order chi connectivity index (χ0) is 16.4. The van der Waals surface area contributed by atoms with Crippen LogP contribution in [0.5, 0.6) is 0 Å². The Kier molecular flexibility index (Phi) is 2.37. The fourth-order valence-corrected chi connectivity index (χ4v) is 4.13. The Morgan fingerprint density at radius 2 is 1.44 bits per heavy atom. The Morgan fingerprint density at radius 1 is 0.640 bits per heavy atom. The predicted octanol–water partition coefficient (Wildman–Crippen LogP) is 5.95. The van der Waals surface area contributed by atoms with Crippen molar-refractivity contribution in [2.24, 2.45) is 0 Å². The van der Waals surface area contributed by atoms with Crippen molar-refractivity contribution < 1.29 is 0 Å². The van der Waals surface area contributed by atoms with Crippen LogP contribution in [0.15, 0.2) is 85.2 Å². The minimum atomic E-state index is 1.06. The number of pyridine rings is 2. The normalized spacial score (nSPS) is 12.0. The maximum Gasteiger partial charge on any atom is 0.0955 e. The molecule has 0 saturated carbocycles. The van der Waals surface area contributed by atoms with Gasteiger partial charge in [-0.15, -0.1) is 0 Å². The number of hydrogen-bond donors (Lipinski definition) is 0. The third kappa shape index (κ3) is 1.61. The van der Waals surface area contributed by atoms with Crippen LogP contribution in [-0.2, 0) is 0 Å². The summed E-state index contributed by atoms with van der Waals surface area (Å²) in [6.07, 6.45) is 4.11. The summed E-state index contributed by atoms with van der Waals surface area (Å²) in [5.41, 5.74) is 3.47. The lowest BCUT2D eigenvalue weighted by Gasteiger charge is -2.11. The zero-order valence-electron chi connectivity index (χ0n) is 13.5. The molecule has 116 valence electrons. The highest BCUT2D eigenvalue weighted by Gasteiger charge is 2.14. The van der Waals surface area contributed by atoms with Gasteiger partial charge in [-0.2, -0.15) is 0 Å². The van der Waals surface area contributed by atoms with Gasteiger partial charge >= 0.3 is 0 Å². The van der Waals surface area contributed by atoms with E-state index in [1.54, 1.807) is 0 Å². The number of fused-ring (bicyclic) bond motifs is 10. The lowest BCUT2D eigenvalue weighted by Crippen LogP contribution is -1.92. The zero-order valence-corrected chi connectivity index (χ0v) is 13.5. The van der Waals surface area contributed by atoms with Crippen LogP contribution in [0.4, 0.5) is 0 Å². The van der Waals surface area contributed by atoms with E-state index in [1.165, 1.54) is 37.8 Å². The molecule has 6 rings (SSSR count). The molecule has 2 heteroatoms. The van der Waals surface area contributed by atoms with Gasteiger partial charge < -0.3 is 4.40 Å². The average Bonchev–Trinajstić information content (AvgIpc) is 3.07. The molecule has 0 amide bonds. The van der Waals surface area contributed by atoms with Gasteiger partial charge in [0.2, 0.25) is 0 Å². The van der Waals surface area contributed by atoms with Gasteiger partial charge in [-0.1, -0.05) is 60.7 Å². The Balaban J connectivity index is 2.07. The van der Waals surface area contributed by atoms with Gasteiger partial charge in [0, 0.05) is 33.9 Å². The fraction of sp³-hybridized carbons (Fsp3) is 0. The molecule has 0 aliphatic carbocycles. The summed E-state index contributed by atoms with van der Waals surface area (Å²) in [7, 11) is 0. The SMILES string of the molecule is c1ccc2c(c1)ccc1c2c2ncccc2n2cc3ccccc3c12. The molecule has 0 saturated heterocycles. The Morgan fingerprint density at radius 3 is 2.36 bits per heavy atom. The third-order valence-electron chi connectivity index (χ3n) is 5.19. The fourth-order valence-electron chi connectivity index (χ4n) is 4.13. The first-order chi connectivity index (χ1) is 12.4. The van der Waals surface area contributed by atoms with E-state index in [4.69, 9.17) is 4.98 Å². The van der Waals surface area contributed by atoms with E-state index in [0.717, 1.165) is 11.0 Å². The van der Waals surface area contributed by atoms with Crippen molar-refractivity contribution in [1.82, 2.24) is 9.38 Å². The molecule has 2 nitrogen and oxygen atoms in total. The highest BCUT2D eigenvalue weighted by atomic mass is 14.9. The minimum absolute atomic E-state index is 1.06. The molecule has 0 fully saturated rings. The Labute approximate surface area is 143 Å². The van der Waals surface area contributed by atoms with Crippen LogP contribution in [-0.4, -0.2) is 9.38 Å². The van der Waals surface area contributed by atoms with E-state index in [-0.39, 0.29) is 0 Å². The van der Waals surface area contributed by atoms with E-state index in [2.05, 4.69) is 77.3 Å². The van der Waals surface area contributed by atoms with E-state index in [1.807, 2.05) is 12.3 Å². The highest BCUT2D eigenvalue weighted by Crippen LogP contribution is 2.37. The highest BCUT2D eigenvalue weighted by molar-refractivity contribution is 6.26. The number of aromatic nitrogens is 2. The summed E-state index contributed by atoms with van der Waals surface area (Å²) in [5, 5.41) is 7.55. The van der Waals surface area contributed by atoms with Crippen molar-refractivity contribution in [3.63, 3.8) is 0 Å². The Hall–Kier alpha value is -3.39. The molecule has 0 unspecified atom stereocenters. The van der Waals surface area contributed by atoms with Crippen LogP contribution in [0.2, 0.25) is 0 Å². The van der Waals surface area contributed by atoms with Crippen LogP contribution in [0, 0.1) is 0 Å². The molecule has 3 heterocycles. The van der Waals surface area contributed by atoms with E-state index in [9.17, 15) is 0 Å². The molecule has 0 atom stereocenters. The lowest BCUT2D eigenvalue weighted by molar-refractivity contribution is 1.27. The van der Waals surface area contributed by atoms with Crippen LogP contribution in [0.25, 0.3) is 48.9 Å². The molecule has 0 spiro atoms. The first-order valence-corrected chi connectivity index (χ1v) is 8.50. The van der Waals surface area contributed by atoms with Crippen molar-refractivity contribution in [2.75, 3.05) is 0 Å². The summed E-state index contributed by atoms with van der Waals surface area (Å²) in [4.78, 5) is 4.76. The van der Waals surface area contributed by atoms with Crippen molar-refractivity contribution >= 4 is 48.9 Å². The van der Waals surface area contributed by atoms with Crippen LogP contribution in [0.3, 0.4) is 0 Å². The first kappa shape index (κ1) is 13.0. The molecule has 3 aromatic heterocycles. The summed E-state index contributed by atoms with van der Waals surface area (Å²) in [6, 6.07) is 25.8. The van der Waals surface area contributed by atoms with Gasteiger partial charge in [0.1, 0.15) is 0 Å². The number of hydrogen-bond acceptors (Lipinski definition) is 1. The largest absolute Gasteiger partial charge is 0.313 e. The van der Waals surface area contributed by atoms with Gasteiger partial charge in [0.25, 0.3) is 0 Å². The average molecular weight is 318 g/mol. The van der Waals surface area contributed by atoms with Gasteiger partial charge in [-0.05, 0) is 22.9 Å². The molecule has 3 aromatic carbocycles. The monoisotopic (exact) mass is 318 g/mol. The summed E-state index contributed by atoms with van der Waals surface area (Å²) in [6.45, 7) is 0. The maximum atomic E-state index is 4.76. The minimum Gasteiger partial charge on any atom is -0.313 e. The van der Waals surface area contributed by atoms with Gasteiger partial charge in [0.05, 0.1) is 16.6 Å². The van der Waals surface area contributed by atoms with Crippen LogP contribution >= 0.6 is 0 Å². The molecule has 0 radical (unpaired) electrons. The molecule has 0 aliphatic heterocycles. The molecular formula is C23H14N2. The maximum absolute atomic E-state index is 4.76. The Bertz CT molecular complexity index is 1440. The van der Waals surface area contributed by atoms with Crippen molar-refractivity contribution in [1.29, 1.82) is 0 Å². The van der Waals surface area contributed by atoms with Gasteiger partial charge in [-0.25, -0.2) is 0 Å². The standard InChI is InChI=1S/C23H14N2/c1-3-8-17-15(6-1)11-12-19-21(17)22-20(10-5-13-24-22)25-14-16-7-2-4-9-18(16)23(19)25/h1-14H. The number of nitrogens with zero attached hydrogens (tertiary/aromatic N) is 2. The van der Waals surface area contributed by atoms with Crippen molar-refractivity contribution in [2.45, 2.75) is 0 Å². The number of benzene rings is 3. The topological polar surface area (TPSA) is 17.3 Å². The van der Waals surface area contributed by atoms with Gasteiger partial charge in [-0.3, -0.25) is 4.98 Å². The molecular weight excluding hydrogens is 304 g/mol. The second kappa shape index (κ2) is 4.58. The molecule has 0 bridgehead atoms. The van der Waals surface area contributed by atoms with E-state index < -0.39 is 0 Å². The first-order valence-electron chi connectivity index (χ1n) is 8.50. The molecule has 0 N–H and O–H groups in total. The summed E-state index contributed by atoms with van der Waals surface area (Å²) in [5.74, 6) is 0. The molecule has 6 aromatic rings. The predicted molar refractivity (Wildman–Crippen MR) is 105 cm³/mol. The lowest BCUT2D eigenvalue weighted by atomic mass is 9.99. The van der Waals surface area contributed by atoms with Crippen molar-refractivity contribution in [3.8, 4) is 0 Å². The molecule has 25 heavy (non-hydrogen) atoms. The van der Waals surface area contributed by atoms with Crippen LogP contribution in [0.1, 0.15) is 0 Å². The summed E-state index contributed by atoms with van der Waals surface area (Å²) >= 11 is 0. The quantitative estimate of drug-likeness (QED) is 0.316. The van der Waals surface area contributed by atoms with E-state index in [0.29, 0.717) is 0 Å². The second-order valence-electron chi connectivity index (χ2n) is 6.52. The smallest absolute Gasteiger partial charge is 0.0955 e. The van der Waals surface area contributed by atoms with Gasteiger partial charge in [0.15, 0.2) is 0 Å². The summed E-state index contributed by atoms with van der Waals surface area (Å²) < 4.78 is 2.30. The third-order valence-corrected chi connectivity index (χ3v) is 5.19. The second-order valence-corrected chi connectivity index (χ2v) is 6.52. The molecule has 0 aliphatic rings. The van der Waals surface area contributed by atoms with E-state index >= 15 is 0 Å². The number of rotatable bonds is 0.